The number of rotatable bonds is 4. The standard InChI is InChI=1S/C27H29NO10.CH4.ClH/c1-10-22(30)14(28)7-17(37-10)38-16-9-27(35,11(2)29)8-13-19(16)26(34)21-20(24(13)32)23(31)12-5-4-6-15(36-3)18(12)25(21)33;;/h4-6,10,14,16-17,22,30,32,34-35H,7-9,28H2,1-3H3;1H4;1H/t10?,14?,16-,17?,22?,27-;;/m0../s1. The van der Waals surface area contributed by atoms with E-state index in [0.29, 0.717) is 0 Å². The summed E-state index contributed by atoms with van der Waals surface area (Å²) in [5, 5.41) is 44.1. The highest BCUT2D eigenvalue weighted by atomic mass is 35.5. The average molecular weight is 580 g/mol. The Morgan fingerprint density at radius 2 is 1.77 bits per heavy atom. The third kappa shape index (κ3) is 4.66. The Balaban J connectivity index is 0.00000220. The molecule has 0 spiro atoms. The summed E-state index contributed by atoms with van der Waals surface area (Å²) >= 11 is 0. The van der Waals surface area contributed by atoms with E-state index in [4.69, 9.17) is 19.9 Å². The normalized spacial score (nSPS) is 28.8. The lowest BCUT2D eigenvalue weighted by Gasteiger charge is -2.42. The van der Waals surface area contributed by atoms with Gasteiger partial charge in [-0.3, -0.25) is 14.4 Å². The number of halogens is 1. The Kier molecular flexibility index (Phi) is 8.71. The summed E-state index contributed by atoms with van der Waals surface area (Å²) < 4.78 is 17.1. The van der Waals surface area contributed by atoms with Crippen molar-refractivity contribution in [3.8, 4) is 17.2 Å². The number of benzene rings is 2. The number of carbonyl (C=O) groups is 3. The van der Waals surface area contributed by atoms with Crippen LogP contribution in [0.25, 0.3) is 0 Å². The maximum Gasteiger partial charge on any atom is 0.202 e. The molecule has 6 atom stereocenters. The van der Waals surface area contributed by atoms with E-state index in [9.17, 15) is 34.8 Å². The van der Waals surface area contributed by atoms with Gasteiger partial charge in [-0.15, -0.1) is 12.4 Å². The van der Waals surface area contributed by atoms with Crippen molar-refractivity contribution in [1.82, 2.24) is 0 Å². The fraction of sp³-hybridized carbons (Fsp3) is 0.464. The number of carbonyl (C=O) groups excluding carboxylic acids is 3. The number of hydrogen-bond acceptors (Lipinski definition) is 11. The maximum atomic E-state index is 13.6. The van der Waals surface area contributed by atoms with Crippen LogP contribution in [-0.4, -0.2) is 75.0 Å². The number of phenolic OH excluding ortho intramolecular Hbond substituents is 2. The Labute approximate surface area is 237 Å². The molecule has 11 nitrogen and oxygen atoms in total. The van der Waals surface area contributed by atoms with Gasteiger partial charge in [0, 0.05) is 42.0 Å². The van der Waals surface area contributed by atoms with E-state index in [1.165, 1.54) is 32.2 Å². The molecule has 1 aliphatic heterocycles. The summed E-state index contributed by atoms with van der Waals surface area (Å²) in [6, 6.07) is 3.75. The minimum Gasteiger partial charge on any atom is -0.507 e. The molecule has 2 aliphatic carbocycles. The Bertz CT molecular complexity index is 1370. The quantitative estimate of drug-likeness (QED) is 0.285. The lowest BCUT2D eigenvalue weighted by atomic mass is 9.72. The van der Waals surface area contributed by atoms with E-state index >= 15 is 0 Å². The van der Waals surface area contributed by atoms with Crippen LogP contribution in [0, 0.1) is 0 Å². The van der Waals surface area contributed by atoms with Crippen molar-refractivity contribution in [3.63, 3.8) is 0 Å². The van der Waals surface area contributed by atoms with E-state index in [-0.39, 0.29) is 60.7 Å². The van der Waals surface area contributed by atoms with E-state index in [1.54, 1.807) is 6.92 Å². The van der Waals surface area contributed by atoms with Crippen molar-refractivity contribution in [2.75, 3.05) is 7.11 Å². The number of ketones is 3. The zero-order chi connectivity index (χ0) is 27.7. The first-order valence-corrected chi connectivity index (χ1v) is 12.2. The first-order chi connectivity index (χ1) is 17.9. The highest BCUT2D eigenvalue weighted by molar-refractivity contribution is 6.31. The summed E-state index contributed by atoms with van der Waals surface area (Å²) in [4.78, 5) is 39.6. The molecule has 0 amide bonds. The second-order valence-corrected chi connectivity index (χ2v) is 10.1. The van der Waals surface area contributed by atoms with Crippen LogP contribution in [0.4, 0.5) is 0 Å². The fourth-order valence-electron chi connectivity index (χ4n) is 5.66. The monoisotopic (exact) mass is 579 g/mol. The van der Waals surface area contributed by atoms with Crippen molar-refractivity contribution in [2.45, 2.75) is 76.8 Å². The van der Waals surface area contributed by atoms with Gasteiger partial charge in [-0.05, 0) is 19.9 Å². The van der Waals surface area contributed by atoms with Crippen LogP contribution < -0.4 is 10.5 Å². The first-order valence-electron chi connectivity index (χ1n) is 12.2. The van der Waals surface area contributed by atoms with Gasteiger partial charge in [0.1, 0.15) is 22.8 Å². The maximum absolute atomic E-state index is 13.6. The minimum absolute atomic E-state index is 0. The summed E-state index contributed by atoms with van der Waals surface area (Å²) in [7, 11) is 1.34. The third-order valence-electron chi connectivity index (χ3n) is 7.80. The van der Waals surface area contributed by atoms with Gasteiger partial charge in [0.05, 0.1) is 42.1 Å². The second kappa shape index (κ2) is 11.1. The topological polar surface area (TPSA) is 186 Å². The number of aliphatic hydroxyl groups excluding tert-OH is 1. The molecule has 2 aromatic carbocycles. The van der Waals surface area contributed by atoms with Gasteiger partial charge < -0.3 is 40.4 Å². The zero-order valence-corrected chi connectivity index (χ0v) is 22.3. The first kappa shape index (κ1) is 31.5. The number of aliphatic hydroxyl groups is 2. The van der Waals surface area contributed by atoms with E-state index in [2.05, 4.69) is 0 Å². The van der Waals surface area contributed by atoms with Gasteiger partial charge in [0.25, 0.3) is 0 Å². The molecule has 1 fully saturated rings. The van der Waals surface area contributed by atoms with Crippen molar-refractivity contribution in [1.29, 1.82) is 0 Å². The highest BCUT2D eigenvalue weighted by Crippen LogP contribution is 2.52. The number of phenols is 2. The largest absolute Gasteiger partial charge is 0.507 e. The lowest BCUT2D eigenvalue weighted by molar-refractivity contribution is -0.247. The zero-order valence-electron chi connectivity index (χ0n) is 21.5. The molecule has 0 saturated carbocycles. The van der Waals surface area contributed by atoms with Gasteiger partial charge in [-0.2, -0.15) is 0 Å². The number of aromatic hydroxyl groups is 2. The number of Topliss-reactive ketones (excluding diaryl/α,β-unsaturated/α-hetero) is 1. The van der Waals surface area contributed by atoms with Gasteiger partial charge >= 0.3 is 0 Å². The number of hydrogen-bond donors (Lipinski definition) is 5. The number of nitrogens with two attached hydrogens (primary N) is 1. The van der Waals surface area contributed by atoms with Crippen LogP contribution in [0.1, 0.15) is 83.2 Å². The number of methoxy groups -OCH3 is 1. The summed E-state index contributed by atoms with van der Waals surface area (Å²) in [6.45, 7) is 2.79. The highest BCUT2D eigenvalue weighted by Gasteiger charge is 2.49. The molecule has 1 heterocycles. The average Bonchev–Trinajstić information content (AvgIpc) is 2.87. The smallest absolute Gasteiger partial charge is 0.202 e. The van der Waals surface area contributed by atoms with Crippen LogP contribution in [0.3, 0.4) is 0 Å². The van der Waals surface area contributed by atoms with E-state index in [0.717, 1.165) is 0 Å². The van der Waals surface area contributed by atoms with Gasteiger partial charge in [0.2, 0.25) is 5.78 Å². The van der Waals surface area contributed by atoms with Crippen LogP contribution in [0.2, 0.25) is 0 Å². The van der Waals surface area contributed by atoms with E-state index < -0.39 is 82.6 Å². The molecule has 2 aromatic rings. The van der Waals surface area contributed by atoms with Crippen LogP contribution in [-0.2, 0) is 20.7 Å². The molecule has 1 saturated heterocycles. The molecule has 0 aromatic heterocycles. The summed E-state index contributed by atoms with van der Waals surface area (Å²) in [5.74, 6) is -3.18. The second-order valence-electron chi connectivity index (χ2n) is 10.1. The Morgan fingerprint density at radius 3 is 2.38 bits per heavy atom. The van der Waals surface area contributed by atoms with Gasteiger partial charge in [-0.1, -0.05) is 19.6 Å². The van der Waals surface area contributed by atoms with Crippen molar-refractivity contribution in [2.24, 2.45) is 5.73 Å². The van der Waals surface area contributed by atoms with Crippen molar-refractivity contribution < 1.29 is 49.0 Å². The molecule has 0 radical (unpaired) electrons. The molecular weight excluding hydrogens is 546 g/mol. The van der Waals surface area contributed by atoms with Crippen LogP contribution in [0.15, 0.2) is 18.2 Å². The molecule has 0 bridgehead atoms. The molecule has 6 N–H and O–H groups in total. The molecule has 218 valence electrons. The number of ether oxygens (including phenoxy) is 3. The predicted octanol–water partition coefficient (Wildman–Crippen LogP) is 2.09. The SMILES string of the molecule is C.COc1cccc2c1C(=O)c1c(O)c3c(c(O)c1C2=O)C[C@@](O)(C(C)=O)C[C@@H]3OC1CC(N)C(O)C(C)O1.Cl. The Hall–Kier alpha value is -3.06. The van der Waals surface area contributed by atoms with E-state index in [1.807, 2.05) is 0 Å². The van der Waals surface area contributed by atoms with Gasteiger partial charge in [0.15, 0.2) is 17.9 Å². The predicted molar refractivity (Wildman–Crippen MR) is 144 cm³/mol. The lowest BCUT2D eigenvalue weighted by Crippen LogP contribution is -2.52. The molecule has 3 aliphatic rings. The summed E-state index contributed by atoms with van der Waals surface area (Å²) in [6.07, 6.45) is -4.53. The third-order valence-corrected chi connectivity index (χ3v) is 7.80. The van der Waals surface area contributed by atoms with Gasteiger partial charge in [-0.25, -0.2) is 0 Å². The van der Waals surface area contributed by atoms with Crippen LogP contribution in [0.5, 0.6) is 17.2 Å². The summed E-state index contributed by atoms with van der Waals surface area (Å²) in [5.41, 5.74) is 2.97. The molecule has 12 heteroatoms. The minimum atomic E-state index is -2.00. The number of fused-ring (bicyclic) bond motifs is 3. The molecule has 40 heavy (non-hydrogen) atoms. The van der Waals surface area contributed by atoms with Crippen molar-refractivity contribution >= 4 is 29.8 Å². The van der Waals surface area contributed by atoms with Crippen molar-refractivity contribution in [3.05, 3.63) is 51.6 Å². The van der Waals surface area contributed by atoms with Crippen LogP contribution >= 0.6 is 12.4 Å². The molecular formula is C28H34ClNO10. The Morgan fingerprint density at radius 1 is 1.12 bits per heavy atom. The molecule has 5 rings (SSSR count). The fourth-order valence-corrected chi connectivity index (χ4v) is 5.66. The molecule has 4 unspecified atom stereocenters.